The van der Waals surface area contributed by atoms with Gasteiger partial charge in [0, 0.05) is 11.8 Å². The highest BCUT2D eigenvalue weighted by Gasteiger charge is 2.10. The van der Waals surface area contributed by atoms with Gasteiger partial charge in [0.2, 0.25) is 0 Å². The van der Waals surface area contributed by atoms with E-state index in [1.54, 1.807) is 6.20 Å². The van der Waals surface area contributed by atoms with Gasteiger partial charge >= 0.3 is 0 Å². The first-order chi connectivity index (χ1) is 9.31. The molecule has 0 aliphatic heterocycles. The molecule has 92 valence electrons. The first kappa shape index (κ1) is 11.3. The molecule has 0 spiro atoms. The first-order valence-corrected chi connectivity index (χ1v) is 5.98. The number of hydrogen-bond donors (Lipinski definition) is 1. The third-order valence-corrected chi connectivity index (χ3v) is 3.14. The molecule has 1 aromatic carbocycles. The minimum absolute atomic E-state index is 0.325. The van der Waals surface area contributed by atoms with Gasteiger partial charge in [0.25, 0.3) is 0 Å². The average Bonchev–Trinajstić information content (AvgIpc) is 2.85. The minimum Gasteiger partial charge on any atom is -0.395 e. The van der Waals surface area contributed by atoms with E-state index in [2.05, 4.69) is 11.1 Å². The van der Waals surface area contributed by atoms with E-state index < -0.39 is 0 Å². The Morgan fingerprint density at radius 3 is 2.74 bits per heavy atom. The summed E-state index contributed by atoms with van der Waals surface area (Å²) in [6.45, 7) is 0. The molecule has 2 N–H and O–H groups in total. The molecule has 0 bridgehead atoms. The summed E-state index contributed by atoms with van der Waals surface area (Å²) in [6.07, 6.45) is 3.93. The average molecular weight is 248 g/mol. The van der Waals surface area contributed by atoms with E-state index in [4.69, 9.17) is 11.0 Å². The lowest BCUT2D eigenvalue weighted by Gasteiger charge is -2.08. The molecule has 0 aliphatic carbocycles. The SMILES string of the molecule is N#CCc1cnc2c(N)c(-c3ccccc3)ccn12. The monoisotopic (exact) mass is 248 g/mol. The lowest BCUT2D eigenvalue weighted by atomic mass is 10.1. The maximum Gasteiger partial charge on any atom is 0.160 e. The van der Waals surface area contributed by atoms with Crippen LogP contribution in [0, 0.1) is 11.3 Å². The molecule has 19 heavy (non-hydrogen) atoms. The van der Waals surface area contributed by atoms with Crippen molar-refractivity contribution in [1.82, 2.24) is 9.38 Å². The third-order valence-electron chi connectivity index (χ3n) is 3.14. The van der Waals surface area contributed by atoms with Crippen LogP contribution in [0.2, 0.25) is 0 Å². The maximum atomic E-state index is 8.78. The van der Waals surface area contributed by atoms with E-state index in [-0.39, 0.29) is 0 Å². The number of nitrogens with zero attached hydrogens (tertiary/aromatic N) is 3. The number of pyridine rings is 1. The molecule has 2 heterocycles. The molecular formula is C15H12N4. The third kappa shape index (κ3) is 1.81. The minimum atomic E-state index is 0.325. The Hall–Kier alpha value is -2.80. The van der Waals surface area contributed by atoms with Crippen LogP contribution in [0.15, 0.2) is 48.8 Å². The van der Waals surface area contributed by atoms with Crippen LogP contribution >= 0.6 is 0 Å². The van der Waals surface area contributed by atoms with Crippen molar-refractivity contribution in [1.29, 1.82) is 5.26 Å². The zero-order valence-electron chi connectivity index (χ0n) is 10.2. The van der Waals surface area contributed by atoms with Crippen molar-refractivity contribution in [2.45, 2.75) is 6.42 Å². The second-order valence-corrected chi connectivity index (χ2v) is 4.29. The van der Waals surface area contributed by atoms with Crippen molar-refractivity contribution >= 4 is 11.3 Å². The lowest BCUT2D eigenvalue weighted by Crippen LogP contribution is -1.98. The number of rotatable bonds is 2. The standard InChI is InChI=1S/C15H12N4/c16-8-6-12-10-18-15-14(17)13(7-9-19(12)15)11-4-2-1-3-5-11/h1-5,7,9-10H,6,17H2. The summed E-state index contributed by atoms with van der Waals surface area (Å²) in [5, 5.41) is 8.78. The van der Waals surface area contributed by atoms with Crippen LogP contribution in [0.1, 0.15) is 5.69 Å². The molecule has 0 unspecified atom stereocenters. The Kier molecular flexibility index (Phi) is 2.66. The van der Waals surface area contributed by atoms with Gasteiger partial charge in [-0.25, -0.2) is 4.98 Å². The van der Waals surface area contributed by atoms with E-state index in [9.17, 15) is 0 Å². The highest BCUT2D eigenvalue weighted by atomic mass is 15.0. The lowest BCUT2D eigenvalue weighted by molar-refractivity contribution is 1.06. The molecule has 0 amide bonds. The Balaban J connectivity index is 2.20. The number of nitrogen functional groups attached to an aromatic ring is 1. The van der Waals surface area contributed by atoms with Crippen LogP contribution < -0.4 is 5.73 Å². The summed E-state index contributed by atoms with van der Waals surface area (Å²) >= 11 is 0. The van der Waals surface area contributed by atoms with E-state index >= 15 is 0 Å². The van der Waals surface area contributed by atoms with Crippen molar-refractivity contribution in [2.75, 3.05) is 5.73 Å². The van der Waals surface area contributed by atoms with Gasteiger partial charge in [-0.2, -0.15) is 5.26 Å². The van der Waals surface area contributed by atoms with Crippen molar-refractivity contribution in [3.8, 4) is 17.2 Å². The van der Waals surface area contributed by atoms with Gasteiger partial charge in [-0.3, -0.25) is 0 Å². The zero-order chi connectivity index (χ0) is 13.2. The first-order valence-electron chi connectivity index (χ1n) is 5.98. The second kappa shape index (κ2) is 4.46. The Bertz CT molecular complexity index is 766. The summed E-state index contributed by atoms with van der Waals surface area (Å²) < 4.78 is 1.87. The van der Waals surface area contributed by atoms with Gasteiger partial charge in [-0.1, -0.05) is 30.3 Å². The molecule has 0 fully saturated rings. The predicted octanol–water partition coefficient (Wildman–Crippen LogP) is 2.65. The Morgan fingerprint density at radius 2 is 2.00 bits per heavy atom. The number of hydrogen-bond acceptors (Lipinski definition) is 3. The van der Waals surface area contributed by atoms with Crippen molar-refractivity contribution in [3.63, 3.8) is 0 Å². The van der Waals surface area contributed by atoms with Gasteiger partial charge in [-0.15, -0.1) is 0 Å². The summed E-state index contributed by atoms with van der Waals surface area (Å²) in [7, 11) is 0. The van der Waals surface area contributed by atoms with Gasteiger partial charge in [0.15, 0.2) is 5.65 Å². The van der Waals surface area contributed by atoms with E-state index in [1.165, 1.54) is 0 Å². The molecule has 2 aromatic heterocycles. The quantitative estimate of drug-likeness (QED) is 0.758. The smallest absolute Gasteiger partial charge is 0.160 e. The van der Waals surface area contributed by atoms with Crippen LogP contribution in [0.4, 0.5) is 5.69 Å². The normalized spacial score (nSPS) is 10.5. The number of aromatic nitrogens is 2. The van der Waals surface area contributed by atoms with Crippen LogP contribution in [0.25, 0.3) is 16.8 Å². The highest BCUT2D eigenvalue weighted by molar-refractivity contribution is 5.85. The number of fused-ring (bicyclic) bond motifs is 1. The Morgan fingerprint density at radius 1 is 1.21 bits per heavy atom. The molecule has 3 rings (SSSR count). The van der Waals surface area contributed by atoms with Crippen molar-refractivity contribution in [3.05, 3.63) is 54.5 Å². The number of benzene rings is 1. The zero-order valence-corrected chi connectivity index (χ0v) is 10.2. The van der Waals surface area contributed by atoms with E-state index in [1.807, 2.05) is 47.0 Å². The fourth-order valence-electron chi connectivity index (χ4n) is 2.20. The second-order valence-electron chi connectivity index (χ2n) is 4.29. The van der Waals surface area contributed by atoms with Crippen molar-refractivity contribution in [2.24, 2.45) is 0 Å². The molecule has 0 radical (unpaired) electrons. The predicted molar refractivity (Wildman–Crippen MR) is 74.4 cm³/mol. The summed E-state index contributed by atoms with van der Waals surface area (Å²) in [5.41, 5.74) is 10.4. The molecule has 0 aliphatic rings. The van der Waals surface area contributed by atoms with Crippen LogP contribution in [-0.2, 0) is 6.42 Å². The molecular weight excluding hydrogens is 236 g/mol. The number of nitrogens with two attached hydrogens (primary N) is 1. The van der Waals surface area contributed by atoms with Crippen LogP contribution in [-0.4, -0.2) is 9.38 Å². The molecule has 3 aromatic rings. The topological polar surface area (TPSA) is 67.1 Å². The molecule has 4 nitrogen and oxygen atoms in total. The van der Waals surface area contributed by atoms with Gasteiger partial charge in [0.1, 0.15) is 0 Å². The van der Waals surface area contributed by atoms with Crippen molar-refractivity contribution < 1.29 is 0 Å². The maximum absolute atomic E-state index is 8.78. The Labute approximate surface area is 110 Å². The number of imidazole rings is 1. The molecule has 0 saturated heterocycles. The van der Waals surface area contributed by atoms with Gasteiger partial charge in [0.05, 0.1) is 30.1 Å². The fraction of sp³-hybridized carbons (Fsp3) is 0.0667. The summed E-state index contributed by atoms with van der Waals surface area (Å²) in [4.78, 5) is 4.31. The molecule has 4 heteroatoms. The van der Waals surface area contributed by atoms with Crippen LogP contribution in [0.3, 0.4) is 0 Å². The number of anilines is 1. The largest absolute Gasteiger partial charge is 0.395 e. The summed E-state index contributed by atoms with van der Waals surface area (Å²) in [6, 6.07) is 14.0. The van der Waals surface area contributed by atoms with E-state index in [0.717, 1.165) is 16.8 Å². The summed E-state index contributed by atoms with van der Waals surface area (Å²) in [5.74, 6) is 0. The van der Waals surface area contributed by atoms with Gasteiger partial charge < -0.3 is 10.1 Å². The highest BCUT2D eigenvalue weighted by Crippen LogP contribution is 2.28. The van der Waals surface area contributed by atoms with E-state index in [0.29, 0.717) is 17.8 Å². The number of nitriles is 1. The fourth-order valence-corrected chi connectivity index (χ4v) is 2.20. The van der Waals surface area contributed by atoms with Crippen LogP contribution in [0.5, 0.6) is 0 Å². The van der Waals surface area contributed by atoms with Gasteiger partial charge in [-0.05, 0) is 11.6 Å². The molecule has 0 atom stereocenters. The molecule has 0 saturated carbocycles.